The number of benzene rings is 1. The number of carbonyl (C=O) groups is 6. The number of thiol groups is 1. The summed E-state index contributed by atoms with van der Waals surface area (Å²) >= 11 is 4.19. The van der Waals surface area contributed by atoms with Gasteiger partial charge in [0.25, 0.3) is 0 Å². The van der Waals surface area contributed by atoms with Crippen molar-refractivity contribution in [1.29, 1.82) is 0 Å². The molecule has 0 saturated carbocycles. The van der Waals surface area contributed by atoms with Crippen molar-refractivity contribution in [2.75, 3.05) is 31.9 Å². The van der Waals surface area contributed by atoms with Gasteiger partial charge >= 0.3 is 5.97 Å². The van der Waals surface area contributed by atoms with E-state index in [1.807, 2.05) is 0 Å². The molecule has 0 aliphatic carbocycles. The normalized spacial score (nSPS) is 14.3. The van der Waals surface area contributed by atoms with Crippen LogP contribution >= 0.6 is 12.6 Å². The molecule has 21 heteroatoms. The summed E-state index contributed by atoms with van der Waals surface area (Å²) in [5.41, 5.74) is 33.9. The Balaban J connectivity index is 3.15. The van der Waals surface area contributed by atoms with Crippen LogP contribution in [0.25, 0.3) is 0 Å². The third-order valence-electron chi connectivity index (χ3n) is 7.87. The van der Waals surface area contributed by atoms with Gasteiger partial charge in [0.05, 0.1) is 6.04 Å². The molecule has 0 aromatic heterocycles. The maximum Gasteiger partial charge on any atom is 0.326 e. The van der Waals surface area contributed by atoms with Crippen molar-refractivity contribution in [1.82, 2.24) is 26.6 Å². The predicted octanol–water partition coefficient (Wildman–Crippen LogP) is -4.42. The Hall–Kier alpha value is -4.70. The molecule has 0 heterocycles. The third kappa shape index (κ3) is 18.1. The molecule has 0 radical (unpaired) electrons. The molecule has 0 aliphatic rings. The minimum Gasteiger partial charge on any atom is -0.508 e. The van der Waals surface area contributed by atoms with E-state index in [4.69, 9.17) is 34.4 Å². The van der Waals surface area contributed by atoms with Crippen molar-refractivity contribution in [2.24, 2.45) is 39.4 Å². The fourth-order valence-electron chi connectivity index (χ4n) is 4.91. The number of amides is 5. The van der Waals surface area contributed by atoms with Crippen LogP contribution in [0, 0.1) is 0 Å². The summed E-state index contributed by atoms with van der Waals surface area (Å²) in [6.45, 7) is 0.547. The number of guanidine groups is 1. The number of nitrogens with one attached hydrogen (secondary N) is 5. The highest BCUT2D eigenvalue weighted by Gasteiger charge is 2.32. The number of rotatable bonds is 26. The van der Waals surface area contributed by atoms with E-state index in [-0.39, 0.29) is 75.6 Å². The van der Waals surface area contributed by atoms with Gasteiger partial charge in [0.15, 0.2) is 5.96 Å². The molecule has 298 valence electrons. The minimum absolute atomic E-state index is 0.0225. The summed E-state index contributed by atoms with van der Waals surface area (Å²) in [5, 5.41) is 32.0. The van der Waals surface area contributed by atoms with E-state index in [0.29, 0.717) is 24.9 Å². The Morgan fingerprint density at radius 3 is 1.60 bits per heavy atom. The van der Waals surface area contributed by atoms with Gasteiger partial charge < -0.3 is 71.2 Å². The molecule has 0 aliphatic heterocycles. The average Bonchev–Trinajstić information content (AvgIpc) is 3.11. The zero-order valence-corrected chi connectivity index (χ0v) is 30.6. The van der Waals surface area contributed by atoms with Crippen molar-refractivity contribution in [3.8, 4) is 5.75 Å². The number of aliphatic carboxylic acids is 1. The zero-order chi connectivity index (χ0) is 39.9. The molecule has 1 rings (SSSR count). The van der Waals surface area contributed by atoms with Crippen molar-refractivity contribution in [3.63, 3.8) is 0 Å². The summed E-state index contributed by atoms with van der Waals surface area (Å²) in [6, 6.07) is -1.50. The smallest absolute Gasteiger partial charge is 0.326 e. The van der Waals surface area contributed by atoms with Crippen molar-refractivity contribution in [3.05, 3.63) is 29.8 Å². The lowest BCUT2D eigenvalue weighted by Gasteiger charge is -2.26. The summed E-state index contributed by atoms with van der Waals surface area (Å²) < 4.78 is 0. The van der Waals surface area contributed by atoms with Crippen molar-refractivity contribution < 1.29 is 39.0 Å². The minimum atomic E-state index is -1.40. The zero-order valence-electron chi connectivity index (χ0n) is 29.7. The number of hydrogen-bond acceptors (Lipinski definition) is 13. The monoisotopic (exact) mass is 768 g/mol. The SMILES string of the molecule is NCCCC[C@H](NC(=O)[C@H](N)CCN)C(=O)N[C@@H](CS)C(=O)N[C@@H](CCN)C(=O)N[C@@H](CCCN=C(N)N)C(=O)N[C@@H](Cc1ccc(O)cc1)C(=O)O. The highest BCUT2D eigenvalue weighted by Crippen LogP contribution is 2.12. The molecule has 53 heavy (non-hydrogen) atoms. The Kier molecular flexibility index (Phi) is 22.1. The molecule has 19 N–H and O–H groups in total. The quantitative estimate of drug-likeness (QED) is 0.0183. The van der Waals surface area contributed by atoms with Gasteiger partial charge in [0.2, 0.25) is 29.5 Å². The molecule has 20 nitrogen and oxygen atoms in total. The fourth-order valence-corrected chi connectivity index (χ4v) is 5.17. The van der Waals surface area contributed by atoms with Gasteiger partial charge in [0.1, 0.15) is 36.0 Å². The van der Waals surface area contributed by atoms with Crippen LogP contribution in [0.2, 0.25) is 0 Å². The number of carbonyl (C=O) groups excluding carboxylic acids is 5. The van der Waals surface area contributed by atoms with Crippen LogP contribution in [0.1, 0.15) is 50.5 Å². The van der Waals surface area contributed by atoms with E-state index in [0.717, 1.165) is 0 Å². The number of hydrogen-bond donors (Lipinski definition) is 14. The molecule has 0 fully saturated rings. The summed E-state index contributed by atoms with van der Waals surface area (Å²) in [7, 11) is 0. The van der Waals surface area contributed by atoms with Gasteiger partial charge in [-0.05, 0) is 82.3 Å². The Morgan fingerprint density at radius 2 is 1.11 bits per heavy atom. The molecule has 1 aromatic carbocycles. The molecule has 5 amide bonds. The average molecular weight is 769 g/mol. The topological polar surface area (TPSA) is 372 Å². The lowest BCUT2D eigenvalue weighted by Crippen LogP contribution is -2.60. The lowest BCUT2D eigenvalue weighted by atomic mass is 10.0. The Bertz CT molecular complexity index is 1370. The van der Waals surface area contributed by atoms with E-state index < -0.39 is 71.8 Å². The number of unbranched alkanes of at least 4 members (excludes halogenated alkanes) is 1. The number of aromatic hydroxyl groups is 1. The van der Waals surface area contributed by atoms with Crippen LogP contribution in [0.3, 0.4) is 0 Å². The van der Waals surface area contributed by atoms with Crippen LogP contribution < -0.4 is 61.0 Å². The van der Waals surface area contributed by atoms with Crippen LogP contribution in [-0.2, 0) is 35.2 Å². The van der Waals surface area contributed by atoms with Gasteiger partial charge in [-0.15, -0.1) is 0 Å². The number of carboxylic acid groups (broad SMARTS) is 1. The van der Waals surface area contributed by atoms with Crippen LogP contribution in [0.15, 0.2) is 29.3 Å². The molecular weight excluding hydrogens is 712 g/mol. The van der Waals surface area contributed by atoms with Crippen LogP contribution in [-0.4, -0.2) is 120 Å². The van der Waals surface area contributed by atoms with Crippen molar-refractivity contribution in [2.45, 2.75) is 87.6 Å². The second-order valence-electron chi connectivity index (χ2n) is 12.2. The summed E-state index contributed by atoms with van der Waals surface area (Å²) in [4.78, 5) is 82.1. The second kappa shape index (κ2) is 25.3. The highest BCUT2D eigenvalue weighted by molar-refractivity contribution is 7.80. The summed E-state index contributed by atoms with van der Waals surface area (Å²) in [6.07, 6.45) is 1.42. The van der Waals surface area contributed by atoms with Gasteiger partial charge in [-0.1, -0.05) is 12.1 Å². The number of nitrogens with zero attached hydrogens (tertiary/aromatic N) is 1. The Morgan fingerprint density at radius 1 is 0.642 bits per heavy atom. The largest absolute Gasteiger partial charge is 0.508 e. The van der Waals surface area contributed by atoms with E-state index in [2.05, 4.69) is 44.2 Å². The first kappa shape index (κ1) is 46.3. The van der Waals surface area contributed by atoms with E-state index in [9.17, 15) is 39.0 Å². The molecule has 0 saturated heterocycles. The van der Waals surface area contributed by atoms with Gasteiger partial charge in [-0.3, -0.25) is 29.0 Å². The Labute approximate surface area is 313 Å². The first-order valence-electron chi connectivity index (χ1n) is 17.2. The highest BCUT2D eigenvalue weighted by atomic mass is 32.1. The number of aliphatic imine (C=N–C) groups is 1. The molecule has 0 spiro atoms. The second-order valence-corrected chi connectivity index (χ2v) is 12.6. The van der Waals surface area contributed by atoms with Gasteiger partial charge in [-0.2, -0.15) is 12.6 Å². The molecular formula is C32H56N12O8S. The number of nitrogens with two attached hydrogens (primary N) is 6. The molecule has 0 unspecified atom stereocenters. The number of phenols is 1. The first-order chi connectivity index (χ1) is 25.2. The molecule has 0 bridgehead atoms. The predicted molar refractivity (Wildman–Crippen MR) is 201 cm³/mol. The van der Waals surface area contributed by atoms with Gasteiger partial charge in [-0.25, -0.2) is 4.79 Å². The third-order valence-corrected chi connectivity index (χ3v) is 8.23. The maximum absolute atomic E-state index is 13.5. The maximum atomic E-state index is 13.5. The first-order valence-corrected chi connectivity index (χ1v) is 17.8. The number of phenolic OH excluding ortho intramolecular Hbond substituents is 1. The van der Waals surface area contributed by atoms with Crippen molar-refractivity contribution >= 4 is 54.1 Å². The molecule has 1 aromatic rings. The van der Waals surface area contributed by atoms with E-state index in [1.165, 1.54) is 24.3 Å². The van der Waals surface area contributed by atoms with E-state index in [1.54, 1.807) is 0 Å². The number of carboxylic acids is 1. The van der Waals surface area contributed by atoms with E-state index >= 15 is 0 Å². The standard InChI is InChI=1S/C32H56N12O8S/c33-12-2-1-4-21(40-26(46)20(36)10-13-34)28(48)44-25(17-53)30(50)42-23(11-14-35)29(49)41-22(5-3-15-39-32(37)38)27(47)43-24(31(51)52)16-18-6-8-19(45)9-7-18/h6-9,20-25,45,53H,1-5,10-17,33-36H2,(H,40,46)(H,41,49)(H,42,50)(H,43,47)(H,44,48)(H,51,52)(H4,37,38,39)/t20-,21+,22+,23+,24+,25+/m1/s1. The fraction of sp³-hybridized carbons (Fsp3) is 0.594. The van der Waals surface area contributed by atoms with Gasteiger partial charge in [0, 0.05) is 18.7 Å². The van der Waals surface area contributed by atoms with Crippen LogP contribution in [0.5, 0.6) is 5.75 Å². The lowest BCUT2D eigenvalue weighted by molar-refractivity contribution is -0.142. The molecule has 6 atom stereocenters. The summed E-state index contributed by atoms with van der Waals surface area (Å²) in [5.74, 6) is -5.49. The van der Waals surface area contributed by atoms with Crippen LogP contribution in [0.4, 0.5) is 0 Å².